The maximum atomic E-state index is 13.1. The van der Waals surface area contributed by atoms with Crippen LogP contribution in [0.2, 0.25) is 0 Å². The van der Waals surface area contributed by atoms with E-state index in [9.17, 15) is 8.78 Å². The average Bonchev–Trinajstić information content (AvgIpc) is 2.97. The molecule has 0 aliphatic carbocycles. The molecule has 1 aromatic carbocycles. The van der Waals surface area contributed by atoms with Crippen molar-refractivity contribution >= 4 is 11.0 Å². The zero-order chi connectivity index (χ0) is 13.4. The van der Waals surface area contributed by atoms with Crippen LogP contribution in [0.15, 0.2) is 22.7 Å². The first-order valence-corrected chi connectivity index (χ1v) is 5.47. The minimum Gasteiger partial charge on any atom is -0.377 e. The zero-order valence-corrected chi connectivity index (χ0v) is 9.91. The highest BCUT2D eigenvalue weighted by Crippen LogP contribution is 2.22. The Balaban J connectivity index is 2.04. The third-order valence-corrected chi connectivity index (χ3v) is 2.61. The Bertz CT molecular complexity index is 697. The molecular formula is C12H9F2N3O2. The fraction of sp³-hybridized carbons (Fsp3) is 0.167. The molecule has 0 atom stereocenters. The second kappa shape index (κ2) is 4.43. The van der Waals surface area contributed by atoms with E-state index in [4.69, 9.17) is 9.26 Å². The Labute approximate surface area is 106 Å². The molecule has 2 aromatic heterocycles. The number of rotatable bonds is 3. The van der Waals surface area contributed by atoms with Crippen LogP contribution >= 0.6 is 0 Å². The fourth-order valence-electron chi connectivity index (χ4n) is 1.76. The lowest BCUT2D eigenvalue weighted by molar-refractivity contribution is 0.156. The molecule has 0 aliphatic rings. The van der Waals surface area contributed by atoms with Crippen molar-refractivity contribution in [3.05, 3.63) is 35.6 Å². The molecule has 3 rings (SSSR count). The lowest BCUT2D eigenvalue weighted by atomic mass is 10.3. The number of hydrogen-bond acceptors (Lipinski definition) is 4. The fourth-order valence-corrected chi connectivity index (χ4v) is 1.76. The van der Waals surface area contributed by atoms with Gasteiger partial charge in [0.2, 0.25) is 0 Å². The highest BCUT2D eigenvalue weighted by molar-refractivity contribution is 5.78. The van der Waals surface area contributed by atoms with Crippen LogP contribution < -0.4 is 0 Å². The quantitative estimate of drug-likeness (QED) is 0.790. The maximum Gasteiger partial charge on any atom is 0.163 e. The maximum absolute atomic E-state index is 13.1. The van der Waals surface area contributed by atoms with Crippen molar-refractivity contribution in [3.8, 4) is 11.5 Å². The summed E-state index contributed by atoms with van der Waals surface area (Å²) in [7, 11) is 1.54. The molecule has 2 heterocycles. The van der Waals surface area contributed by atoms with E-state index in [2.05, 4.69) is 15.1 Å². The van der Waals surface area contributed by atoms with Crippen molar-refractivity contribution in [1.29, 1.82) is 0 Å². The minimum atomic E-state index is -0.939. The molecule has 0 fully saturated rings. The van der Waals surface area contributed by atoms with Gasteiger partial charge in [-0.15, -0.1) is 0 Å². The predicted molar refractivity (Wildman–Crippen MR) is 62.2 cm³/mol. The molecule has 0 bridgehead atoms. The van der Waals surface area contributed by atoms with Crippen LogP contribution in [0.1, 0.15) is 5.76 Å². The topological polar surface area (TPSA) is 63.9 Å². The second-order valence-electron chi connectivity index (χ2n) is 3.98. The lowest BCUT2D eigenvalue weighted by Gasteiger charge is -1.90. The van der Waals surface area contributed by atoms with Crippen LogP contribution in [0.4, 0.5) is 8.78 Å². The number of halogens is 2. The van der Waals surface area contributed by atoms with E-state index in [0.717, 1.165) is 12.1 Å². The molecule has 0 amide bonds. The van der Waals surface area contributed by atoms with Crippen molar-refractivity contribution in [3.63, 3.8) is 0 Å². The summed E-state index contributed by atoms with van der Waals surface area (Å²) in [6.45, 7) is 0.288. The van der Waals surface area contributed by atoms with Crippen LogP contribution in [0.3, 0.4) is 0 Å². The molecule has 1 N–H and O–H groups in total. The summed E-state index contributed by atoms with van der Waals surface area (Å²) in [5.74, 6) is -0.949. The predicted octanol–water partition coefficient (Wildman–Crippen LogP) is 2.64. The SMILES string of the molecule is COCc1cc(-c2nc3cc(F)c(F)cc3[nH]2)no1. The molecule has 98 valence electrons. The number of aromatic amines is 1. The van der Waals surface area contributed by atoms with E-state index < -0.39 is 11.6 Å². The second-order valence-corrected chi connectivity index (χ2v) is 3.98. The van der Waals surface area contributed by atoms with Gasteiger partial charge in [-0.2, -0.15) is 0 Å². The van der Waals surface area contributed by atoms with E-state index in [1.165, 1.54) is 7.11 Å². The third-order valence-electron chi connectivity index (χ3n) is 2.61. The van der Waals surface area contributed by atoms with E-state index in [1.54, 1.807) is 6.07 Å². The molecule has 0 saturated heterocycles. The molecule has 0 saturated carbocycles. The Morgan fingerprint density at radius 2 is 2.05 bits per heavy atom. The number of ether oxygens (including phenoxy) is 1. The number of fused-ring (bicyclic) bond motifs is 1. The van der Waals surface area contributed by atoms with Gasteiger partial charge in [0.05, 0.1) is 11.0 Å². The molecule has 3 aromatic rings. The van der Waals surface area contributed by atoms with Crippen LogP contribution in [0, 0.1) is 11.6 Å². The Kier molecular flexibility index (Phi) is 2.75. The molecule has 0 unspecified atom stereocenters. The van der Waals surface area contributed by atoms with Gasteiger partial charge >= 0.3 is 0 Å². The summed E-state index contributed by atoms with van der Waals surface area (Å²) in [5, 5.41) is 3.81. The number of methoxy groups -OCH3 is 1. The number of imidazole rings is 1. The molecule has 19 heavy (non-hydrogen) atoms. The number of nitrogens with one attached hydrogen (secondary N) is 1. The summed E-state index contributed by atoms with van der Waals surface area (Å²) in [6.07, 6.45) is 0. The van der Waals surface area contributed by atoms with Gasteiger partial charge in [0.25, 0.3) is 0 Å². The lowest BCUT2D eigenvalue weighted by Crippen LogP contribution is -1.82. The molecule has 0 radical (unpaired) electrons. The van der Waals surface area contributed by atoms with Gasteiger partial charge in [-0.25, -0.2) is 13.8 Å². The average molecular weight is 265 g/mol. The zero-order valence-electron chi connectivity index (χ0n) is 9.91. The van der Waals surface area contributed by atoms with Gasteiger partial charge in [0.1, 0.15) is 12.3 Å². The highest BCUT2D eigenvalue weighted by Gasteiger charge is 2.13. The first kappa shape index (κ1) is 11.8. The van der Waals surface area contributed by atoms with Crippen molar-refractivity contribution in [1.82, 2.24) is 15.1 Å². The van der Waals surface area contributed by atoms with E-state index in [1.807, 2.05) is 0 Å². The number of aromatic nitrogens is 3. The molecule has 5 nitrogen and oxygen atoms in total. The number of hydrogen-bond donors (Lipinski definition) is 1. The number of nitrogens with zero attached hydrogens (tertiary/aromatic N) is 2. The monoisotopic (exact) mass is 265 g/mol. The summed E-state index contributed by atoms with van der Waals surface area (Å²) in [6, 6.07) is 3.73. The minimum absolute atomic E-state index is 0.288. The molecule has 0 spiro atoms. The number of H-pyrrole nitrogens is 1. The summed E-state index contributed by atoms with van der Waals surface area (Å²) >= 11 is 0. The van der Waals surface area contributed by atoms with Crippen molar-refractivity contribution in [2.45, 2.75) is 6.61 Å². The van der Waals surface area contributed by atoms with Crippen LogP contribution in [0.5, 0.6) is 0 Å². The third kappa shape index (κ3) is 2.08. The largest absolute Gasteiger partial charge is 0.377 e. The van der Waals surface area contributed by atoms with Gasteiger partial charge < -0.3 is 14.2 Å². The van der Waals surface area contributed by atoms with Crippen LogP contribution in [-0.2, 0) is 11.3 Å². The van der Waals surface area contributed by atoms with Crippen molar-refractivity contribution in [2.75, 3.05) is 7.11 Å². The van der Waals surface area contributed by atoms with E-state index >= 15 is 0 Å². The van der Waals surface area contributed by atoms with Crippen LogP contribution in [-0.4, -0.2) is 22.2 Å². The summed E-state index contributed by atoms with van der Waals surface area (Å²) in [4.78, 5) is 6.99. The van der Waals surface area contributed by atoms with Gasteiger partial charge in [-0.1, -0.05) is 5.16 Å². The van der Waals surface area contributed by atoms with Gasteiger partial charge in [-0.3, -0.25) is 0 Å². The number of benzene rings is 1. The first-order valence-electron chi connectivity index (χ1n) is 5.47. The summed E-state index contributed by atoms with van der Waals surface area (Å²) in [5.41, 5.74) is 1.17. The Morgan fingerprint density at radius 3 is 2.84 bits per heavy atom. The van der Waals surface area contributed by atoms with E-state index in [0.29, 0.717) is 28.3 Å². The van der Waals surface area contributed by atoms with Crippen LogP contribution in [0.25, 0.3) is 22.6 Å². The van der Waals surface area contributed by atoms with Gasteiger partial charge in [0.15, 0.2) is 23.2 Å². The van der Waals surface area contributed by atoms with Crippen molar-refractivity contribution in [2.24, 2.45) is 0 Å². The molecule has 0 aliphatic heterocycles. The van der Waals surface area contributed by atoms with Gasteiger partial charge in [0, 0.05) is 25.3 Å². The molecular weight excluding hydrogens is 256 g/mol. The molecule has 7 heteroatoms. The Morgan fingerprint density at radius 1 is 1.26 bits per heavy atom. The standard InChI is InChI=1S/C12H9F2N3O2/c1-18-5-6-2-11(17-19-6)12-15-9-3-7(13)8(14)4-10(9)16-12/h2-4H,5H2,1H3,(H,15,16). The summed E-state index contributed by atoms with van der Waals surface area (Å²) < 4.78 is 36.1. The van der Waals surface area contributed by atoms with Gasteiger partial charge in [-0.05, 0) is 0 Å². The first-order chi connectivity index (χ1) is 9.17. The Hall–Kier alpha value is -2.28. The smallest absolute Gasteiger partial charge is 0.163 e. The normalized spacial score (nSPS) is 11.3. The van der Waals surface area contributed by atoms with Crippen molar-refractivity contribution < 1.29 is 18.0 Å². The van der Waals surface area contributed by atoms with E-state index in [-0.39, 0.29) is 6.61 Å². The highest BCUT2D eigenvalue weighted by atomic mass is 19.2.